The van der Waals surface area contributed by atoms with Gasteiger partial charge in [-0.3, -0.25) is 4.79 Å². The highest BCUT2D eigenvalue weighted by Crippen LogP contribution is 2.36. The predicted octanol–water partition coefficient (Wildman–Crippen LogP) is 3.12. The number of nitrogens with one attached hydrogen (secondary N) is 2. The van der Waals surface area contributed by atoms with Gasteiger partial charge in [-0.1, -0.05) is 31.5 Å². The van der Waals surface area contributed by atoms with Crippen molar-refractivity contribution in [2.75, 3.05) is 12.3 Å². The molecule has 1 amide bonds. The third-order valence-electron chi connectivity index (χ3n) is 4.68. The SMILES string of the molecule is CCC1CCNC(C(=O)NC2CCSc3ccccc32)C1. The molecule has 3 atom stereocenters. The number of thioether (sulfide) groups is 1. The Morgan fingerprint density at radius 1 is 1.38 bits per heavy atom. The van der Waals surface area contributed by atoms with E-state index in [0.29, 0.717) is 5.92 Å². The first-order valence-electron chi connectivity index (χ1n) is 8.03. The number of fused-ring (bicyclic) bond motifs is 1. The van der Waals surface area contributed by atoms with Crippen molar-refractivity contribution in [1.29, 1.82) is 0 Å². The maximum absolute atomic E-state index is 12.6. The van der Waals surface area contributed by atoms with E-state index < -0.39 is 0 Å². The van der Waals surface area contributed by atoms with Gasteiger partial charge in [0, 0.05) is 10.6 Å². The van der Waals surface area contributed by atoms with Crippen LogP contribution in [-0.2, 0) is 4.79 Å². The van der Waals surface area contributed by atoms with Crippen LogP contribution < -0.4 is 10.6 Å². The fraction of sp³-hybridized carbons (Fsp3) is 0.588. The summed E-state index contributed by atoms with van der Waals surface area (Å²) in [6.07, 6.45) is 4.38. The standard InChI is InChI=1S/C17H24N2OS/c1-2-12-7-9-18-15(11-12)17(20)19-14-8-10-21-16-6-4-3-5-13(14)16/h3-6,12,14-15,18H,2,7-11H2,1H3,(H,19,20). The molecule has 3 unspecified atom stereocenters. The first kappa shape index (κ1) is 14.9. The van der Waals surface area contributed by atoms with Gasteiger partial charge in [-0.05, 0) is 43.4 Å². The summed E-state index contributed by atoms with van der Waals surface area (Å²) >= 11 is 1.89. The second kappa shape index (κ2) is 6.84. The summed E-state index contributed by atoms with van der Waals surface area (Å²) in [4.78, 5) is 13.9. The van der Waals surface area contributed by atoms with Gasteiger partial charge in [-0.15, -0.1) is 11.8 Å². The molecular weight excluding hydrogens is 280 g/mol. The molecule has 1 fully saturated rings. The van der Waals surface area contributed by atoms with E-state index in [1.807, 2.05) is 11.8 Å². The number of benzene rings is 1. The largest absolute Gasteiger partial charge is 0.348 e. The predicted molar refractivity (Wildman–Crippen MR) is 87.5 cm³/mol. The van der Waals surface area contributed by atoms with Crippen molar-refractivity contribution in [2.24, 2.45) is 5.92 Å². The molecule has 114 valence electrons. The molecule has 0 aromatic heterocycles. The lowest BCUT2D eigenvalue weighted by Crippen LogP contribution is -2.49. The van der Waals surface area contributed by atoms with Crippen LogP contribution in [0.5, 0.6) is 0 Å². The third kappa shape index (κ3) is 3.43. The second-order valence-corrected chi connectivity index (χ2v) is 7.18. The maximum Gasteiger partial charge on any atom is 0.237 e. The number of piperidine rings is 1. The molecule has 2 aliphatic rings. The van der Waals surface area contributed by atoms with Gasteiger partial charge in [0.15, 0.2) is 0 Å². The summed E-state index contributed by atoms with van der Waals surface area (Å²) < 4.78 is 0. The van der Waals surface area contributed by atoms with Crippen molar-refractivity contribution >= 4 is 17.7 Å². The Hall–Kier alpha value is -1.00. The monoisotopic (exact) mass is 304 g/mol. The zero-order valence-electron chi connectivity index (χ0n) is 12.6. The Morgan fingerprint density at radius 2 is 2.24 bits per heavy atom. The van der Waals surface area contributed by atoms with E-state index in [0.717, 1.165) is 25.1 Å². The minimum atomic E-state index is -0.00885. The molecule has 1 aromatic rings. The molecule has 3 nitrogen and oxygen atoms in total. The highest BCUT2D eigenvalue weighted by Gasteiger charge is 2.29. The second-order valence-electron chi connectivity index (χ2n) is 6.04. The van der Waals surface area contributed by atoms with Crippen molar-refractivity contribution in [2.45, 2.75) is 49.6 Å². The Labute approximate surface area is 131 Å². The lowest BCUT2D eigenvalue weighted by molar-refractivity contribution is -0.124. The Balaban J connectivity index is 1.65. The Morgan fingerprint density at radius 3 is 3.10 bits per heavy atom. The molecule has 3 rings (SSSR count). The molecule has 1 saturated heterocycles. The minimum Gasteiger partial charge on any atom is -0.348 e. The molecule has 0 spiro atoms. The van der Waals surface area contributed by atoms with Gasteiger partial charge in [0.05, 0.1) is 12.1 Å². The van der Waals surface area contributed by atoms with E-state index in [9.17, 15) is 4.79 Å². The van der Waals surface area contributed by atoms with E-state index in [4.69, 9.17) is 0 Å². The van der Waals surface area contributed by atoms with E-state index in [1.54, 1.807) is 0 Å². The molecule has 0 bridgehead atoms. The van der Waals surface area contributed by atoms with Gasteiger partial charge in [-0.2, -0.15) is 0 Å². The smallest absolute Gasteiger partial charge is 0.237 e. The fourth-order valence-electron chi connectivity index (χ4n) is 3.33. The highest BCUT2D eigenvalue weighted by atomic mass is 32.2. The number of carbonyl (C=O) groups excluding carboxylic acids is 1. The average molecular weight is 304 g/mol. The molecule has 2 N–H and O–H groups in total. The summed E-state index contributed by atoms with van der Waals surface area (Å²) in [5.41, 5.74) is 1.28. The van der Waals surface area contributed by atoms with Crippen LogP contribution in [0.3, 0.4) is 0 Å². The summed E-state index contributed by atoms with van der Waals surface area (Å²) in [6.45, 7) is 3.19. The number of amides is 1. The van der Waals surface area contributed by atoms with Crippen LogP contribution in [0.25, 0.3) is 0 Å². The van der Waals surface area contributed by atoms with Crippen LogP contribution in [0.2, 0.25) is 0 Å². The van der Waals surface area contributed by atoms with Crippen LogP contribution in [0.1, 0.15) is 44.2 Å². The highest BCUT2D eigenvalue weighted by molar-refractivity contribution is 7.99. The summed E-state index contributed by atoms with van der Waals surface area (Å²) in [5.74, 6) is 1.95. The summed E-state index contributed by atoms with van der Waals surface area (Å²) in [5, 5.41) is 6.65. The number of rotatable bonds is 3. The Kier molecular flexibility index (Phi) is 4.86. The van der Waals surface area contributed by atoms with Crippen molar-refractivity contribution < 1.29 is 4.79 Å². The van der Waals surface area contributed by atoms with Crippen LogP contribution >= 0.6 is 11.8 Å². The van der Waals surface area contributed by atoms with Crippen LogP contribution in [0.15, 0.2) is 29.2 Å². The first-order chi connectivity index (χ1) is 10.3. The summed E-state index contributed by atoms with van der Waals surface area (Å²) in [6, 6.07) is 8.62. The third-order valence-corrected chi connectivity index (χ3v) is 5.80. The van der Waals surface area contributed by atoms with Crippen LogP contribution in [-0.4, -0.2) is 24.2 Å². The number of carbonyl (C=O) groups is 1. The molecule has 0 aliphatic carbocycles. The topological polar surface area (TPSA) is 41.1 Å². The van der Waals surface area contributed by atoms with Crippen molar-refractivity contribution in [3.63, 3.8) is 0 Å². The molecule has 0 radical (unpaired) electrons. The van der Waals surface area contributed by atoms with Crippen LogP contribution in [0.4, 0.5) is 0 Å². The maximum atomic E-state index is 12.6. The van der Waals surface area contributed by atoms with E-state index in [1.165, 1.54) is 23.3 Å². The van der Waals surface area contributed by atoms with Crippen molar-refractivity contribution in [3.8, 4) is 0 Å². The lowest BCUT2D eigenvalue weighted by atomic mass is 9.90. The zero-order chi connectivity index (χ0) is 14.7. The van der Waals surface area contributed by atoms with Crippen LogP contribution in [0, 0.1) is 5.92 Å². The van der Waals surface area contributed by atoms with Gasteiger partial charge in [0.25, 0.3) is 0 Å². The van der Waals surface area contributed by atoms with Gasteiger partial charge in [0.1, 0.15) is 0 Å². The normalized spacial score (nSPS) is 28.7. The molecule has 21 heavy (non-hydrogen) atoms. The van der Waals surface area contributed by atoms with E-state index in [2.05, 4.69) is 41.8 Å². The molecule has 2 heterocycles. The average Bonchev–Trinajstić information content (AvgIpc) is 2.55. The number of hydrogen-bond donors (Lipinski definition) is 2. The van der Waals surface area contributed by atoms with E-state index in [-0.39, 0.29) is 18.0 Å². The lowest BCUT2D eigenvalue weighted by Gasteiger charge is -2.32. The van der Waals surface area contributed by atoms with Gasteiger partial charge < -0.3 is 10.6 Å². The molecule has 1 aromatic carbocycles. The molecule has 4 heteroatoms. The quantitative estimate of drug-likeness (QED) is 0.901. The first-order valence-corrected chi connectivity index (χ1v) is 9.02. The molecule has 0 saturated carbocycles. The van der Waals surface area contributed by atoms with Crippen molar-refractivity contribution in [1.82, 2.24) is 10.6 Å². The van der Waals surface area contributed by atoms with Gasteiger partial charge >= 0.3 is 0 Å². The molecule has 2 aliphatic heterocycles. The van der Waals surface area contributed by atoms with E-state index >= 15 is 0 Å². The Bertz CT molecular complexity index is 505. The zero-order valence-corrected chi connectivity index (χ0v) is 13.4. The minimum absolute atomic E-state index is 0.00885. The summed E-state index contributed by atoms with van der Waals surface area (Å²) in [7, 11) is 0. The fourth-order valence-corrected chi connectivity index (χ4v) is 4.46. The van der Waals surface area contributed by atoms with Gasteiger partial charge in [0.2, 0.25) is 5.91 Å². The van der Waals surface area contributed by atoms with Gasteiger partial charge in [-0.25, -0.2) is 0 Å². The molecular formula is C17H24N2OS. The van der Waals surface area contributed by atoms with Crippen molar-refractivity contribution in [3.05, 3.63) is 29.8 Å². The number of hydrogen-bond acceptors (Lipinski definition) is 3.